The van der Waals surface area contributed by atoms with Crippen molar-refractivity contribution in [1.29, 1.82) is 0 Å². The van der Waals surface area contributed by atoms with E-state index < -0.39 is 17.4 Å². The molecule has 4 nitrogen and oxygen atoms in total. The van der Waals surface area contributed by atoms with Gasteiger partial charge in [-0.15, -0.1) is 0 Å². The van der Waals surface area contributed by atoms with E-state index in [4.69, 9.17) is 4.74 Å². The largest absolute Gasteiger partial charge is 0.462 e. The highest BCUT2D eigenvalue weighted by Crippen LogP contribution is 2.26. The molecule has 0 aromatic heterocycles. The molecule has 0 bridgehead atoms. The normalized spacial score (nSPS) is 14.2. The smallest absolute Gasteiger partial charge is 0.305 e. The van der Waals surface area contributed by atoms with Crippen molar-refractivity contribution in [3.8, 4) is 0 Å². The summed E-state index contributed by atoms with van der Waals surface area (Å²) in [7, 11) is 0. The van der Waals surface area contributed by atoms with Crippen molar-refractivity contribution in [2.45, 2.75) is 58.5 Å². The summed E-state index contributed by atoms with van der Waals surface area (Å²) in [5.74, 6) is -0.872. The van der Waals surface area contributed by atoms with Crippen LogP contribution in [0.2, 0.25) is 0 Å². The van der Waals surface area contributed by atoms with Crippen LogP contribution >= 0.6 is 0 Å². The number of ketones is 1. The Morgan fingerprint density at radius 1 is 1.12 bits per heavy atom. The Balaban J connectivity index is 3.17. The van der Waals surface area contributed by atoms with Crippen molar-refractivity contribution >= 4 is 11.8 Å². The predicted octanol–water partition coefficient (Wildman–Crippen LogP) is 4.64. The highest BCUT2D eigenvalue weighted by atomic mass is 16.5. The number of esters is 1. The van der Waals surface area contributed by atoms with Crippen LogP contribution in [0.5, 0.6) is 0 Å². The van der Waals surface area contributed by atoms with Crippen molar-refractivity contribution in [2.75, 3.05) is 6.61 Å². The van der Waals surface area contributed by atoms with E-state index in [1.807, 2.05) is 26.0 Å². The van der Waals surface area contributed by atoms with Crippen molar-refractivity contribution in [3.63, 3.8) is 0 Å². The molecule has 0 aliphatic heterocycles. The molecule has 0 heterocycles. The Labute approximate surface area is 156 Å². The van der Waals surface area contributed by atoms with Gasteiger partial charge in [0.1, 0.15) is 6.61 Å². The molecule has 0 fully saturated rings. The summed E-state index contributed by atoms with van der Waals surface area (Å²) in [5, 5.41) is 11.2. The summed E-state index contributed by atoms with van der Waals surface area (Å²) in [6.07, 6.45) is 8.92. The zero-order chi connectivity index (χ0) is 19.4. The van der Waals surface area contributed by atoms with Gasteiger partial charge in [-0.25, -0.2) is 0 Å². The first kappa shape index (κ1) is 21.8. The predicted molar refractivity (Wildman–Crippen MR) is 104 cm³/mol. The molecule has 0 saturated heterocycles. The molecule has 0 aliphatic rings. The minimum atomic E-state index is -1.87. The Hall–Kier alpha value is -2.20. The molecule has 1 aromatic rings. The number of rotatable bonds is 11. The molecule has 0 radical (unpaired) electrons. The van der Waals surface area contributed by atoms with Crippen LogP contribution in [0.4, 0.5) is 0 Å². The SMILES string of the molecule is CCC/C=C\C=C(/CC)C(O)(COC(=O)CCC)C(=O)c1ccccc1. The van der Waals surface area contributed by atoms with E-state index in [-0.39, 0.29) is 13.0 Å². The van der Waals surface area contributed by atoms with Crippen LogP contribution in [0.3, 0.4) is 0 Å². The average molecular weight is 358 g/mol. The van der Waals surface area contributed by atoms with Crippen molar-refractivity contribution in [1.82, 2.24) is 0 Å². The number of benzene rings is 1. The molecule has 1 rings (SSSR count). The van der Waals surface area contributed by atoms with Crippen molar-refractivity contribution < 1.29 is 19.4 Å². The molecule has 1 atom stereocenters. The molecule has 1 aromatic carbocycles. The summed E-state index contributed by atoms with van der Waals surface area (Å²) < 4.78 is 5.23. The highest BCUT2D eigenvalue weighted by Gasteiger charge is 2.40. The maximum atomic E-state index is 13.0. The van der Waals surface area contributed by atoms with Crippen molar-refractivity contribution in [2.24, 2.45) is 0 Å². The fourth-order valence-corrected chi connectivity index (χ4v) is 2.59. The minimum absolute atomic E-state index is 0.261. The number of carbonyl (C=O) groups excluding carboxylic acids is 2. The van der Waals surface area contributed by atoms with Gasteiger partial charge in [-0.3, -0.25) is 9.59 Å². The number of allylic oxidation sites excluding steroid dienone is 3. The van der Waals surface area contributed by atoms with Crippen LogP contribution in [0.25, 0.3) is 0 Å². The number of carbonyl (C=O) groups is 2. The second kappa shape index (κ2) is 11.4. The van der Waals surface area contributed by atoms with Crippen LogP contribution in [0.15, 0.2) is 54.1 Å². The topological polar surface area (TPSA) is 63.6 Å². The van der Waals surface area contributed by atoms with E-state index in [2.05, 4.69) is 6.92 Å². The third kappa shape index (κ3) is 6.26. The maximum absolute atomic E-state index is 13.0. The molecular formula is C22H30O4. The van der Waals surface area contributed by atoms with E-state index in [0.717, 1.165) is 12.8 Å². The van der Waals surface area contributed by atoms with Gasteiger partial charge in [-0.1, -0.05) is 75.8 Å². The first-order chi connectivity index (χ1) is 12.5. The first-order valence-electron chi connectivity index (χ1n) is 9.33. The summed E-state index contributed by atoms with van der Waals surface area (Å²) in [5.41, 5.74) is -0.947. The van der Waals surface area contributed by atoms with Gasteiger partial charge in [0.2, 0.25) is 5.78 Å². The second-order valence-corrected chi connectivity index (χ2v) is 6.23. The number of aliphatic hydroxyl groups is 1. The summed E-state index contributed by atoms with van der Waals surface area (Å²) >= 11 is 0. The van der Waals surface area contributed by atoms with Crippen LogP contribution in [0, 0.1) is 0 Å². The Morgan fingerprint density at radius 3 is 2.38 bits per heavy atom. The third-order valence-corrected chi connectivity index (χ3v) is 4.11. The maximum Gasteiger partial charge on any atom is 0.305 e. The molecule has 0 amide bonds. The standard InChI is InChI=1S/C22H30O4/c1-4-7-8-12-16-19(6-3)22(25,17-26-20(23)13-5-2)21(24)18-14-10-9-11-15-18/h8-12,14-16,25H,4-7,13,17H2,1-3H3/b12-8-,19-16+. The molecule has 1 N–H and O–H groups in total. The molecular weight excluding hydrogens is 328 g/mol. The number of hydrogen-bond donors (Lipinski definition) is 1. The van der Waals surface area contributed by atoms with Crippen LogP contribution < -0.4 is 0 Å². The fraction of sp³-hybridized carbons (Fsp3) is 0.455. The quantitative estimate of drug-likeness (QED) is 0.356. The van der Waals surface area contributed by atoms with Gasteiger partial charge in [-0.2, -0.15) is 0 Å². The zero-order valence-electron chi connectivity index (χ0n) is 16.0. The van der Waals surface area contributed by atoms with Gasteiger partial charge in [0.15, 0.2) is 5.60 Å². The molecule has 0 aliphatic carbocycles. The van der Waals surface area contributed by atoms with Crippen LogP contribution in [-0.2, 0) is 9.53 Å². The monoisotopic (exact) mass is 358 g/mol. The molecule has 1 unspecified atom stereocenters. The van der Waals surface area contributed by atoms with E-state index >= 15 is 0 Å². The average Bonchev–Trinajstić information content (AvgIpc) is 2.66. The summed E-state index contributed by atoms with van der Waals surface area (Å²) in [6.45, 7) is 5.45. The fourth-order valence-electron chi connectivity index (χ4n) is 2.59. The van der Waals surface area contributed by atoms with E-state index in [1.165, 1.54) is 0 Å². The first-order valence-corrected chi connectivity index (χ1v) is 9.33. The van der Waals surface area contributed by atoms with E-state index in [1.54, 1.807) is 36.4 Å². The van der Waals surface area contributed by atoms with Gasteiger partial charge in [-0.05, 0) is 24.8 Å². The molecule has 142 valence electrons. The highest BCUT2D eigenvalue weighted by molar-refractivity contribution is 6.04. The second-order valence-electron chi connectivity index (χ2n) is 6.23. The summed E-state index contributed by atoms with van der Waals surface area (Å²) in [4.78, 5) is 24.8. The number of ether oxygens (including phenoxy) is 1. The lowest BCUT2D eigenvalue weighted by Crippen LogP contribution is -2.45. The zero-order valence-corrected chi connectivity index (χ0v) is 16.0. The lowest BCUT2D eigenvalue weighted by Gasteiger charge is -2.29. The number of hydrogen-bond acceptors (Lipinski definition) is 4. The summed E-state index contributed by atoms with van der Waals surface area (Å²) in [6, 6.07) is 8.60. The lowest BCUT2D eigenvalue weighted by atomic mass is 9.84. The third-order valence-electron chi connectivity index (χ3n) is 4.11. The van der Waals surface area contributed by atoms with Crippen molar-refractivity contribution in [3.05, 3.63) is 59.7 Å². The minimum Gasteiger partial charge on any atom is -0.462 e. The molecule has 0 spiro atoms. The van der Waals surface area contributed by atoms with E-state index in [0.29, 0.717) is 24.0 Å². The Kier molecular flexibility index (Phi) is 9.60. The molecule has 26 heavy (non-hydrogen) atoms. The van der Waals surface area contributed by atoms with Crippen LogP contribution in [0.1, 0.15) is 63.2 Å². The Bertz CT molecular complexity index is 631. The van der Waals surface area contributed by atoms with Gasteiger partial charge in [0.05, 0.1) is 0 Å². The van der Waals surface area contributed by atoms with Crippen LogP contribution in [-0.4, -0.2) is 29.1 Å². The number of unbranched alkanes of at least 4 members (excludes halogenated alkanes) is 1. The Morgan fingerprint density at radius 2 is 1.81 bits per heavy atom. The molecule has 4 heteroatoms. The van der Waals surface area contributed by atoms with E-state index in [9.17, 15) is 14.7 Å². The van der Waals surface area contributed by atoms with Gasteiger partial charge >= 0.3 is 5.97 Å². The number of Topliss-reactive ketones (excluding diaryl/α,β-unsaturated/α-hetero) is 1. The molecule has 0 saturated carbocycles. The van der Waals surface area contributed by atoms with Gasteiger partial charge in [0.25, 0.3) is 0 Å². The van der Waals surface area contributed by atoms with Gasteiger partial charge < -0.3 is 9.84 Å². The van der Waals surface area contributed by atoms with Gasteiger partial charge in [0, 0.05) is 12.0 Å². The lowest BCUT2D eigenvalue weighted by molar-refractivity contribution is -0.147.